The molecule has 0 spiro atoms. The van der Waals surface area contributed by atoms with Crippen molar-refractivity contribution in [3.05, 3.63) is 78.1 Å². The van der Waals surface area contributed by atoms with E-state index in [4.69, 9.17) is 0 Å². The summed E-state index contributed by atoms with van der Waals surface area (Å²) >= 11 is 0. The van der Waals surface area contributed by atoms with Gasteiger partial charge in [-0.15, -0.1) is 0 Å². The lowest BCUT2D eigenvalue weighted by Gasteiger charge is -2.44. The number of hydrogen-bond donors (Lipinski definition) is 0. The Labute approximate surface area is 185 Å². The minimum absolute atomic E-state index is 0.0828. The SMILES string of the molecule is N#C[C@]1(Cc2ccc(F)cc2)[C@@H]2CC[C@H]1CN(C(=O)c1cccnc1-c1ccncn1)C2. The number of nitriles is 1. The zero-order chi connectivity index (χ0) is 22.1. The largest absolute Gasteiger partial charge is 0.338 e. The Morgan fingerprint density at radius 2 is 1.84 bits per heavy atom. The zero-order valence-electron chi connectivity index (χ0n) is 17.5. The van der Waals surface area contributed by atoms with Gasteiger partial charge >= 0.3 is 0 Å². The summed E-state index contributed by atoms with van der Waals surface area (Å²) in [6.45, 7) is 1.06. The van der Waals surface area contributed by atoms with Crippen LogP contribution in [0.3, 0.4) is 0 Å². The van der Waals surface area contributed by atoms with Gasteiger partial charge in [0.15, 0.2) is 0 Å². The normalized spacial score (nSPS) is 24.2. The predicted octanol–water partition coefficient (Wildman–Crippen LogP) is 3.91. The molecule has 160 valence electrons. The number of aromatic nitrogens is 3. The third-order valence-electron chi connectivity index (χ3n) is 6.97. The van der Waals surface area contributed by atoms with Crippen LogP contribution in [0, 0.1) is 34.4 Å². The Kier molecular flexibility index (Phi) is 5.14. The molecule has 2 aromatic heterocycles. The molecule has 32 heavy (non-hydrogen) atoms. The monoisotopic (exact) mass is 427 g/mol. The molecule has 6 nitrogen and oxygen atoms in total. The Hall–Kier alpha value is -3.66. The van der Waals surface area contributed by atoms with Crippen molar-refractivity contribution in [1.29, 1.82) is 5.26 Å². The number of hydrogen-bond acceptors (Lipinski definition) is 5. The lowest BCUT2D eigenvalue weighted by Crippen LogP contribution is -2.51. The van der Waals surface area contributed by atoms with E-state index in [9.17, 15) is 14.4 Å². The fourth-order valence-corrected chi connectivity index (χ4v) is 5.37. The minimum atomic E-state index is -0.529. The van der Waals surface area contributed by atoms with E-state index < -0.39 is 5.41 Å². The van der Waals surface area contributed by atoms with E-state index in [1.807, 2.05) is 4.90 Å². The molecule has 1 aliphatic heterocycles. The number of carbonyl (C=O) groups is 1. The van der Waals surface area contributed by atoms with Crippen LogP contribution in [0.25, 0.3) is 11.4 Å². The van der Waals surface area contributed by atoms with E-state index in [0.717, 1.165) is 18.4 Å². The first-order valence-corrected chi connectivity index (χ1v) is 10.8. The molecule has 1 aliphatic carbocycles. The minimum Gasteiger partial charge on any atom is -0.338 e. The third kappa shape index (κ3) is 3.42. The molecule has 3 heterocycles. The summed E-state index contributed by atoms with van der Waals surface area (Å²) in [5, 5.41) is 10.2. The number of fused-ring (bicyclic) bond motifs is 2. The fourth-order valence-electron chi connectivity index (χ4n) is 5.37. The van der Waals surface area contributed by atoms with Crippen LogP contribution in [-0.2, 0) is 6.42 Å². The molecular formula is C25H22FN5O. The second kappa shape index (κ2) is 8.12. The van der Waals surface area contributed by atoms with Crippen LogP contribution >= 0.6 is 0 Å². The highest BCUT2D eigenvalue weighted by Gasteiger charge is 2.55. The van der Waals surface area contributed by atoms with E-state index in [-0.39, 0.29) is 23.6 Å². The highest BCUT2D eigenvalue weighted by Crippen LogP contribution is 2.53. The highest BCUT2D eigenvalue weighted by atomic mass is 19.1. The molecule has 3 atom stereocenters. The number of piperidine rings is 1. The van der Waals surface area contributed by atoms with E-state index >= 15 is 0 Å². The van der Waals surface area contributed by atoms with E-state index in [0.29, 0.717) is 36.5 Å². The van der Waals surface area contributed by atoms with Gasteiger partial charge < -0.3 is 4.90 Å². The average molecular weight is 427 g/mol. The number of nitrogens with zero attached hydrogens (tertiary/aromatic N) is 5. The lowest BCUT2D eigenvalue weighted by atomic mass is 9.66. The van der Waals surface area contributed by atoms with Gasteiger partial charge in [0.2, 0.25) is 0 Å². The molecule has 0 N–H and O–H groups in total. The summed E-state index contributed by atoms with van der Waals surface area (Å²) in [4.78, 5) is 28.0. The molecule has 1 saturated carbocycles. The number of pyridine rings is 1. The lowest BCUT2D eigenvalue weighted by molar-refractivity contribution is 0.0420. The Morgan fingerprint density at radius 3 is 2.50 bits per heavy atom. The van der Waals surface area contributed by atoms with Crippen LogP contribution < -0.4 is 0 Å². The van der Waals surface area contributed by atoms with Crippen molar-refractivity contribution >= 4 is 5.91 Å². The van der Waals surface area contributed by atoms with Gasteiger partial charge in [-0.1, -0.05) is 12.1 Å². The van der Waals surface area contributed by atoms with Gasteiger partial charge in [-0.25, -0.2) is 14.4 Å². The molecule has 0 unspecified atom stereocenters. The summed E-state index contributed by atoms with van der Waals surface area (Å²) < 4.78 is 13.3. The van der Waals surface area contributed by atoms with Crippen molar-refractivity contribution in [2.24, 2.45) is 17.3 Å². The number of benzene rings is 1. The molecule has 0 radical (unpaired) electrons. The third-order valence-corrected chi connectivity index (χ3v) is 6.97. The molecule has 2 fully saturated rings. The second-order valence-corrected chi connectivity index (χ2v) is 8.63. The molecule has 1 amide bonds. The smallest absolute Gasteiger partial charge is 0.256 e. The van der Waals surface area contributed by atoms with Gasteiger partial charge in [0.25, 0.3) is 5.91 Å². The maximum absolute atomic E-state index is 13.5. The predicted molar refractivity (Wildman–Crippen MR) is 116 cm³/mol. The van der Waals surface area contributed by atoms with Gasteiger partial charge in [-0.05, 0) is 67.0 Å². The number of amides is 1. The topological polar surface area (TPSA) is 82.8 Å². The Morgan fingerprint density at radius 1 is 1.09 bits per heavy atom. The number of halogens is 1. The van der Waals surface area contributed by atoms with Gasteiger partial charge in [-0.3, -0.25) is 9.78 Å². The molecule has 1 saturated heterocycles. The first-order chi connectivity index (χ1) is 15.6. The van der Waals surface area contributed by atoms with Crippen molar-refractivity contribution in [3.63, 3.8) is 0 Å². The average Bonchev–Trinajstić information content (AvgIpc) is 3.01. The molecule has 5 rings (SSSR count). The Bertz CT molecular complexity index is 1160. The van der Waals surface area contributed by atoms with E-state index in [1.165, 1.54) is 18.5 Å². The summed E-state index contributed by atoms with van der Waals surface area (Å²) in [6.07, 6.45) is 7.13. The van der Waals surface area contributed by atoms with Crippen LogP contribution in [-0.4, -0.2) is 38.8 Å². The van der Waals surface area contributed by atoms with Crippen molar-refractivity contribution in [1.82, 2.24) is 19.9 Å². The van der Waals surface area contributed by atoms with E-state index in [2.05, 4.69) is 21.0 Å². The van der Waals surface area contributed by atoms with Crippen molar-refractivity contribution < 1.29 is 9.18 Å². The van der Waals surface area contributed by atoms with Crippen molar-refractivity contribution in [3.8, 4) is 17.5 Å². The summed E-state index contributed by atoms with van der Waals surface area (Å²) in [7, 11) is 0. The second-order valence-electron chi connectivity index (χ2n) is 8.63. The van der Waals surface area contributed by atoms with Gasteiger partial charge in [0.05, 0.1) is 22.7 Å². The number of rotatable bonds is 4. The zero-order valence-corrected chi connectivity index (χ0v) is 17.5. The molecule has 1 aromatic carbocycles. The van der Waals surface area contributed by atoms with Crippen molar-refractivity contribution in [2.75, 3.05) is 13.1 Å². The molecule has 2 bridgehead atoms. The standard InChI is InChI=1S/C25H22FN5O/c26-20-7-3-17(4-8-20)12-25(15-27)18-5-6-19(25)14-31(13-18)24(32)21-2-1-10-29-23(21)22-9-11-28-16-30-22/h1-4,7-11,16,18-19H,5-6,12-14H2/t18-,19+,25-. The maximum atomic E-state index is 13.5. The van der Waals surface area contributed by atoms with Gasteiger partial charge in [-0.2, -0.15) is 5.26 Å². The number of likely N-dealkylation sites (tertiary alicyclic amines) is 1. The molecule has 7 heteroatoms. The first-order valence-electron chi connectivity index (χ1n) is 10.8. The van der Waals surface area contributed by atoms with Crippen LogP contribution in [0.2, 0.25) is 0 Å². The Balaban J connectivity index is 1.41. The first kappa shape index (κ1) is 20.3. The fraction of sp³-hybridized carbons (Fsp3) is 0.320. The highest BCUT2D eigenvalue weighted by molar-refractivity contribution is 5.99. The van der Waals surface area contributed by atoms with Crippen LogP contribution in [0.1, 0.15) is 28.8 Å². The van der Waals surface area contributed by atoms with Crippen LogP contribution in [0.5, 0.6) is 0 Å². The van der Waals surface area contributed by atoms with Gasteiger partial charge in [0.1, 0.15) is 17.8 Å². The van der Waals surface area contributed by atoms with Crippen LogP contribution in [0.4, 0.5) is 4.39 Å². The van der Waals surface area contributed by atoms with E-state index in [1.54, 1.807) is 42.7 Å². The summed E-state index contributed by atoms with van der Waals surface area (Å²) in [5.41, 5.74) is 2.08. The number of carbonyl (C=O) groups excluding carboxylic acids is 1. The quantitative estimate of drug-likeness (QED) is 0.630. The molecule has 2 aliphatic rings. The van der Waals surface area contributed by atoms with Crippen molar-refractivity contribution in [2.45, 2.75) is 19.3 Å². The summed E-state index contributed by atoms with van der Waals surface area (Å²) in [6, 6.07) is 14.3. The molecule has 3 aromatic rings. The molecular weight excluding hydrogens is 405 g/mol. The van der Waals surface area contributed by atoms with Crippen LogP contribution in [0.15, 0.2) is 61.2 Å². The summed E-state index contributed by atoms with van der Waals surface area (Å²) in [5.74, 6) is -0.199. The maximum Gasteiger partial charge on any atom is 0.256 e. The van der Waals surface area contributed by atoms with Gasteiger partial charge in [0, 0.05) is 25.5 Å².